The van der Waals surface area contributed by atoms with Crippen molar-refractivity contribution in [1.29, 1.82) is 0 Å². The molecule has 0 aromatic heterocycles. The molecule has 1 aliphatic carbocycles. The van der Waals surface area contributed by atoms with E-state index in [9.17, 15) is 14.4 Å². The van der Waals surface area contributed by atoms with E-state index in [1.54, 1.807) is 0 Å². The van der Waals surface area contributed by atoms with Gasteiger partial charge in [0.1, 0.15) is 5.54 Å². The minimum atomic E-state index is -0.955. The zero-order valence-corrected chi connectivity index (χ0v) is 14.5. The average Bonchev–Trinajstić information content (AvgIpc) is 2.91. The third-order valence-corrected chi connectivity index (χ3v) is 4.75. The lowest BCUT2D eigenvalue weighted by atomic mass is 9.83. The van der Waals surface area contributed by atoms with Crippen molar-refractivity contribution in [2.24, 2.45) is 23.1 Å². The van der Waals surface area contributed by atoms with Gasteiger partial charge in [-0.2, -0.15) is 0 Å². The van der Waals surface area contributed by atoms with Crippen LogP contribution in [0.25, 0.3) is 0 Å². The summed E-state index contributed by atoms with van der Waals surface area (Å²) in [6, 6.07) is 6.95. The van der Waals surface area contributed by atoms with Gasteiger partial charge in [-0.05, 0) is 36.3 Å². The van der Waals surface area contributed by atoms with E-state index >= 15 is 0 Å². The Morgan fingerprint density at radius 2 is 1.96 bits per heavy atom. The first kappa shape index (κ1) is 19.1. The second-order valence-electron chi connectivity index (χ2n) is 6.89. The van der Waals surface area contributed by atoms with Crippen LogP contribution in [0.1, 0.15) is 37.3 Å². The van der Waals surface area contributed by atoms with Gasteiger partial charge >= 0.3 is 0 Å². The molecule has 0 spiro atoms. The number of amides is 2. The van der Waals surface area contributed by atoms with Crippen LogP contribution in [0.15, 0.2) is 24.3 Å². The second kappa shape index (κ2) is 7.76. The van der Waals surface area contributed by atoms with Gasteiger partial charge < -0.3 is 22.5 Å². The molecule has 7 nitrogen and oxygen atoms in total. The Bertz CT molecular complexity index is 676. The van der Waals surface area contributed by atoms with Crippen LogP contribution in [-0.4, -0.2) is 30.2 Å². The maximum absolute atomic E-state index is 12.8. The third-order valence-electron chi connectivity index (χ3n) is 4.75. The fourth-order valence-corrected chi connectivity index (χ4v) is 3.36. The van der Waals surface area contributed by atoms with Gasteiger partial charge in [-0.15, -0.1) is 0 Å². The Morgan fingerprint density at radius 1 is 1.28 bits per heavy atom. The molecule has 0 bridgehead atoms. The molecule has 2 amide bonds. The van der Waals surface area contributed by atoms with Gasteiger partial charge in [0.2, 0.25) is 11.8 Å². The Hall–Kier alpha value is -2.25. The zero-order valence-electron chi connectivity index (χ0n) is 14.5. The smallest absolute Gasteiger partial charge is 0.237 e. The quantitative estimate of drug-likeness (QED) is 0.511. The molecule has 136 valence electrons. The summed E-state index contributed by atoms with van der Waals surface area (Å²) in [5.41, 5.74) is 18.3. The lowest BCUT2D eigenvalue weighted by Crippen LogP contribution is -2.46. The zero-order chi connectivity index (χ0) is 18.6. The van der Waals surface area contributed by atoms with Crippen molar-refractivity contribution in [3.63, 3.8) is 0 Å². The molecule has 1 aliphatic rings. The molecule has 2 unspecified atom stereocenters. The van der Waals surface area contributed by atoms with E-state index in [1.165, 1.54) is 0 Å². The van der Waals surface area contributed by atoms with Crippen LogP contribution in [0.3, 0.4) is 0 Å². The van der Waals surface area contributed by atoms with E-state index in [-0.39, 0.29) is 24.7 Å². The Labute approximate surface area is 147 Å². The number of nitrogens with two attached hydrogens (primary N) is 3. The first-order valence-electron chi connectivity index (χ1n) is 8.46. The number of nitrogens with one attached hydrogen (secondary N) is 1. The molecular weight excluding hydrogens is 320 g/mol. The molecule has 2 rings (SSSR count). The molecular formula is C18H26N4O3. The lowest BCUT2D eigenvalue weighted by Gasteiger charge is -2.26. The Balaban J connectivity index is 1.92. The van der Waals surface area contributed by atoms with Crippen molar-refractivity contribution in [3.05, 3.63) is 35.4 Å². The Kier molecular flexibility index (Phi) is 5.92. The SMILES string of the molecule is CC(CC(=O)C1(N)CCc2ccccc21)C[C@H](N)C(=O)NCC(N)=O. The Morgan fingerprint density at radius 3 is 2.64 bits per heavy atom. The maximum Gasteiger partial charge on any atom is 0.237 e. The number of ketones is 1. The number of rotatable bonds is 8. The van der Waals surface area contributed by atoms with Crippen molar-refractivity contribution in [1.82, 2.24) is 5.32 Å². The fourth-order valence-electron chi connectivity index (χ4n) is 3.36. The van der Waals surface area contributed by atoms with Crippen molar-refractivity contribution in [3.8, 4) is 0 Å². The van der Waals surface area contributed by atoms with Gasteiger partial charge in [0.15, 0.2) is 5.78 Å². The summed E-state index contributed by atoms with van der Waals surface area (Å²) >= 11 is 0. The first-order chi connectivity index (χ1) is 11.7. The normalized spacial score (nSPS) is 21.2. The summed E-state index contributed by atoms with van der Waals surface area (Å²) in [5, 5.41) is 2.37. The van der Waals surface area contributed by atoms with Crippen molar-refractivity contribution >= 4 is 17.6 Å². The van der Waals surface area contributed by atoms with E-state index < -0.39 is 23.4 Å². The highest BCUT2D eigenvalue weighted by Gasteiger charge is 2.41. The summed E-state index contributed by atoms with van der Waals surface area (Å²) in [6.45, 7) is 1.62. The topological polar surface area (TPSA) is 141 Å². The first-order valence-corrected chi connectivity index (χ1v) is 8.46. The molecule has 7 heteroatoms. The standard InChI is InChI=1S/C18H26N4O3/c1-11(8-14(19)17(25)22-10-16(20)24)9-15(23)18(21)7-6-12-4-2-3-5-13(12)18/h2-5,11,14H,6-10,19,21H2,1H3,(H2,20,24)(H,22,25)/t11?,14-,18?/m0/s1. The van der Waals surface area contributed by atoms with Crippen LogP contribution in [-0.2, 0) is 26.3 Å². The van der Waals surface area contributed by atoms with Crippen LogP contribution in [0.2, 0.25) is 0 Å². The molecule has 0 saturated carbocycles. The van der Waals surface area contributed by atoms with Crippen molar-refractivity contribution < 1.29 is 14.4 Å². The second-order valence-corrected chi connectivity index (χ2v) is 6.89. The summed E-state index contributed by atoms with van der Waals surface area (Å²) in [4.78, 5) is 35.3. The average molecular weight is 346 g/mol. The monoisotopic (exact) mass is 346 g/mol. The predicted octanol–water partition coefficient (Wildman–Crippen LogP) is -0.299. The van der Waals surface area contributed by atoms with E-state index in [1.807, 2.05) is 31.2 Å². The summed E-state index contributed by atoms with van der Waals surface area (Å²) in [7, 11) is 0. The van der Waals surface area contributed by atoms with Gasteiger partial charge in [-0.1, -0.05) is 31.2 Å². The molecule has 0 heterocycles. The van der Waals surface area contributed by atoms with Crippen LogP contribution >= 0.6 is 0 Å². The molecule has 1 aromatic carbocycles. The molecule has 3 atom stereocenters. The molecule has 7 N–H and O–H groups in total. The highest BCUT2D eigenvalue weighted by atomic mass is 16.2. The summed E-state index contributed by atoms with van der Waals surface area (Å²) in [5.74, 6) is -1.22. The number of aryl methyl sites for hydroxylation is 1. The van der Waals surface area contributed by atoms with Crippen LogP contribution < -0.4 is 22.5 Å². The number of carbonyl (C=O) groups excluding carboxylic acids is 3. The molecule has 1 aromatic rings. The van der Waals surface area contributed by atoms with Gasteiger partial charge in [0.25, 0.3) is 0 Å². The molecule has 25 heavy (non-hydrogen) atoms. The van der Waals surface area contributed by atoms with Gasteiger partial charge in [0.05, 0.1) is 12.6 Å². The molecule has 0 fully saturated rings. The number of carbonyl (C=O) groups is 3. The fraction of sp³-hybridized carbons (Fsp3) is 0.500. The van der Waals surface area contributed by atoms with Crippen molar-refractivity contribution in [2.75, 3.05) is 6.54 Å². The van der Waals surface area contributed by atoms with E-state index in [0.29, 0.717) is 12.8 Å². The number of fused-ring (bicyclic) bond motifs is 1. The predicted molar refractivity (Wildman–Crippen MR) is 94.2 cm³/mol. The summed E-state index contributed by atoms with van der Waals surface area (Å²) in [6.07, 6.45) is 1.97. The highest BCUT2D eigenvalue weighted by molar-refractivity contribution is 5.91. The molecule has 0 aliphatic heterocycles. The van der Waals surface area contributed by atoms with Gasteiger partial charge in [-0.25, -0.2) is 0 Å². The maximum atomic E-state index is 12.8. The van der Waals surface area contributed by atoms with Crippen LogP contribution in [0.4, 0.5) is 0 Å². The van der Waals surface area contributed by atoms with Crippen LogP contribution in [0, 0.1) is 5.92 Å². The largest absolute Gasteiger partial charge is 0.368 e. The number of hydrogen-bond acceptors (Lipinski definition) is 5. The number of primary amides is 1. The van der Waals surface area contributed by atoms with Gasteiger partial charge in [-0.3, -0.25) is 14.4 Å². The lowest BCUT2D eigenvalue weighted by molar-refractivity contribution is -0.127. The van der Waals surface area contributed by atoms with E-state index in [0.717, 1.165) is 17.5 Å². The van der Waals surface area contributed by atoms with E-state index in [2.05, 4.69) is 5.32 Å². The number of hydrogen-bond donors (Lipinski definition) is 4. The molecule has 0 radical (unpaired) electrons. The van der Waals surface area contributed by atoms with Crippen molar-refractivity contribution in [2.45, 2.75) is 44.2 Å². The van der Waals surface area contributed by atoms with Crippen LogP contribution in [0.5, 0.6) is 0 Å². The summed E-state index contributed by atoms with van der Waals surface area (Å²) < 4.78 is 0. The van der Waals surface area contributed by atoms with E-state index in [4.69, 9.17) is 17.2 Å². The number of Topliss-reactive ketones (excluding diaryl/α,β-unsaturated/α-hetero) is 1. The number of benzene rings is 1. The van der Waals surface area contributed by atoms with Gasteiger partial charge in [0, 0.05) is 6.42 Å². The minimum Gasteiger partial charge on any atom is -0.368 e. The minimum absolute atomic E-state index is 0.0327. The third kappa shape index (κ3) is 4.43. The highest BCUT2D eigenvalue weighted by Crippen LogP contribution is 2.37. The molecule has 0 saturated heterocycles.